The molecule has 0 bridgehead atoms. The van der Waals surface area contributed by atoms with Gasteiger partial charge in [0.15, 0.2) is 0 Å². The van der Waals surface area contributed by atoms with Crippen molar-refractivity contribution in [2.45, 2.75) is 0 Å². The summed E-state index contributed by atoms with van der Waals surface area (Å²) in [4.78, 5) is 2.41. The van der Waals surface area contributed by atoms with E-state index in [4.69, 9.17) is 8.83 Å². The summed E-state index contributed by atoms with van der Waals surface area (Å²) in [7, 11) is 0. The summed E-state index contributed by atoms with van der Waals surface area (Å²) in [5, 5.41) is 9.46. The molecule has 0 saturated heterocycles. The van der Waals surface area contributed by atoms with Gasteiger partial charge in [-0.2, -0.15) is 0 Å². The highest BCUT2D eigenvalue weighted by Gasteiger charge is 2.24. The van der Waals surface area contributed by atoms with Gasteiger partial charge in [-0.15, -0.1) is 0 Å². The molecule has 0 N–H and O–H groups in total. The van der Waals surface area contributed by atoms with Crippen molar-refractivity contribution in [3.8, 4) is 11.1 Å². The van der Waals surface area contributed by atoms with E-state index in [2.05, 4.69) is 155 Å². The molecule has 0 unspecified atom stereocenters. The highest BCUT2D eigenvalue weighted by atomic mass is 16.3. The molecule has 4 aromatic heterocycles. The second-order valence-corrected chi connectivity index (χ2v) is 13.7. The minimum atomic E-state index is 0.879. The van der Waals surface area contributed by atoms with Crippen molar-refractivity contribution in [2.24, 2.45) is 0 Å². The second kappa shape index (κ2) is 10.3. The largest absolute Gasteiger partial charge is 0.456 e. The summed E-state index contributed by atoms with van der Waals surface area (Å²) in [5.41, 5.74) is 12.7. The molecular formula is C48H28N2O2. The van der Waals surface area contributed by atoms with Crippen molar-refractivity contribution in [3.63, 3.8) is 0 Å². The first-order chi connectivity index (χ1) is 25.8. The summed E-state index contributed by atoms with van der Waals surface area (Å²) in [5.74, 6) is 0. The van der Waals surface area contributed by atoms with Crippen molar-refractivity contribution < 1.29 is 8.83 Å². The van der Waals surface area contributed by atoms with Crippen LogP contribution in [0.2, 0.25) is 0 Å². The first-order valence-corrected chi connectivity index (χ1v) is 17.7. The molecule has 0 saturated carbocycles. The molecule has 0 radical (unpaired) electrons. The molecular weight excluding hydrogens is 637 g/mol. The average Bonchev–Trinajstić information content (AvgIpc) is 3.95. The summed E-state index contributed by atoms with van der Waals surface area (Å²) < 4.78 is 15.2. The van der Waals surface area contributed by atoms with E-state index in [1.165, 1.54) is 38.1 Å². The Kier molecular flexibility index (Phi) is 5.47. The van der Waals surface area contributed by atoms with Gasteiger partial charge >= 0.3 is 0 Å². The molecule has 0 amide bonds. The number of rotatable bonds is 4. The molecule has 0 fully saturated rings. The van der Waals surface area contributed by atoms with Gasteiger partial charge in [-0.3, -0.25) is 0 Å². The first kappa shape index (κ1) is 27.7. The zero-order valence-corrected chi connectivity index (χ0v) is 27.9. The van der Waals surface area contributed by atoms with Crippen LogP contribution in [-0.2, 0) is 0 Å². The van der Waals surface area contributed by atoms with Crippen LogP contribution >= 0.6 is 0 Å². The maximum Gasteiger partial charge on any atom is 0.143 e. The lowest BCUT2D eigenvalue weighted by Gasteiger charge is -2.27. The topological polar surface area (TPSA) is 33.9 Å². The van der Waals surface area contributed by atoms with Crippen LogP contribution < -0.4 is 4.90 Å². The number of anilines is 3. The summed E-state index contributed by atoms with van der Waals surface area (Å²) in [6.45, 7) is 0. The van der Waals surface area contributed by atoms with Crippen LogP contribution in [0.3, 0.4) is 0 Å². The molecule has 12 aromatic rings. The zero-order chi connectivity index (χ0) is 33.9. The molecule has 0 aliphatic rings. The van der Waals surface area contributed by atoms with E-state index in [0.29, 0.717) is 0 Å². The summed E-state index contributed by atoms with van der Waals surface area (Å²) >= 11 is 0. The Morgan fingerprint density at radius 3 is 1.83 bits per heavy atom. The number of furan rings is 2. The van der Waals surface area contributed by atoms with E-state index >= 15 is 0 Å². The Balaban J connectivity index is 1.12. The SMILES string of the molecule is c1ccc2c(c1)oc1ccc(N(c3ccc(-c4cccc5c4oc4ccccc45)cc3)c3ccc4c5ccccc5n5c6ccccc6c3c45)cc12. The van der Waals surface area contributed by atoms with Crippen molar-refractivity contribution >= 4 is 99.0 Å². The molecule has 12 rings (SSSR count). The molecule has 4 heterocycles. The average molecular weight is 665 g/mol. The lowest BCUT2D eigenvalue weighted by Crippen LogP contribution is -2.10. The summed E-state index contributed by atoms with van der Waals surface area (Å²) in [6.07, 6.45) is 0. The van der Waals surface area contributed by atoms with Crippen LogP contribution in [0.25, 0.3) is 93.1 Å². The number of benzene rings is 8. The molecule has 0 spiro atoms. The number of fused-ring (bicyclic) bond motifs is 12. The Morgan fingerprint density at radius 2 is 1.02 bits per heavy atom. The van der Waals surface area contributed by atoms with Gasteiger partial charge in [-0.1, -0.05) is 109 Å². The monoisotopic (exact) mass is 664 g/mol. The maximum absolute atomic E-state index is 6.44. The fourth-order valence-electron chi connectivity index (χ4n) is 8.67. The zero-order valence-electron chi connectivity index (χ0n) is 27.9. The third-order valence-corrected chi connectivity index (χ3v) is 10.9. The highest BCUT2D eigenvalue weighted by molar-refractivity contribution is 6.27. The molecule has 4 nitrogen and oxygen atoms in total. The molecule has 0 aliphatic carbocycles. The van der Waals surface area contributed by atoms with Crippen molar-refractivity contribution in [1.82, 2.24) is 4.40 Å². The van der Waals surface area contributed by atoms with Gasteiger partial charge in [0.1, 0.15) is 22.3 Å². The molecule has 52 heavy (non-hydrogen) atoms. The van der Waals surface area contributed by atoms with Crippen molar-refractivity contribution in [1.29, 1.82) is 0 Å². The molecule has 8 aromatic carbocycles. The fraction of sp³-hybridized carbons (Fsp3) is 0. The van der Waals surface area contributed by atoms with Gasteiger partial charge in [0.25, 0.3) is 0 Å². The first-order valence-electron chi connectivity index (χ1n) is 17.7. The van der Waals surface area contributed by atoms with Gasteiger partial charge in [-0.05, 0) is 66.2 Å². The smallest absolute Gasteiger partial charge is 0.143 e. The van der Waals surface area contributed by atoms with E-state index in [-0.39, 0.29) is 0 Å². The fourth-order valence-corrected chi connectivity index (χ4v) is 8.67. The summed E-state index contributed by atoms with van der Waals surface area (Å²) in [6, 6.07) is 60.6. The van der Waals surface area contributed by atoms with E-state index < -0.39 is 0 Å². The predicted molar refractivity (Wildman–Crippen MR) is 216 cm³/mol. The van der Waals surface area contributed by atoms with Crippen LogP contribution in [0.1, 0.15) is 0 Å². The van der Waals surface area contributed by atoms with Crippen molar-refractivity contribution in [3.05, 3.63) is 170 Å². The molecule has 242 valence electrons. The normalized spacial score (nSPS) is 12.2. The molecule has 0 atom stereocenters. The van der Waals surface area contributed by atoms with Crippen LogP contribution in [0.4, 0.5) is 17.1 Å². The number of hydrogen-bond donors (Lipinski definition) is 0. The number of para-hydroxylation sites is 5. The van der Waals surface area contributed by atoms with E-state index in [1.54, 1.807) is 0 Å². The quantitative estimate of drug-likeness (QED) is 0.188. The Bertz CT molecular complexity index is 3360. The van der Waals surface area contributed by atoms with Gasteiger partial charge in [0.2, 0.25) is 0 Å². The van der Waals surface area contributed by atoms with Gasteiger partial charge in [0, 0.05) is 60.0 Å². The van der Waals surface area contributed by atoms with Gasteiger partial charge in [-0.25, -0.2) is 0 Å². The number of hydrogen-bond acceptors (Lipinski definition) is 3. The highest BCUT2D eigenvalue weighted by Crippen LogP contribution is 2.48. The Hall–Kier alpha value is -7.04. The van der Waals surface area contributed by atoms with E-state index in [9.17, 15) is 0 Å². The van der Waals surface area contributed by atoms with Crippen LogP contribution in [0.5, 0.6) is 0 Å². The Morgan fingerprint density at radius 1 is 0.404 bits per heavy atom. The van der Waals surface area contributed by atoms with E-state index in [0.717, 1.165) is 72.1 Å². The minimum absolute atomic E-state index is 0.879. The lowest BCUT2D eigenvalue weighted by atomic mass is 10.0. The maximum atomic E-state index is 6.44. The van der Waals surface area contributed by atoms with Gasteiger partial charge < -0.3 is 18.1 Å². The van der Waals surface area contributed by atoms with Crippen LogP contribution in [0, 0.1) is 0 Å². The number of nitrogens with zero attached hydrogens (tertiary/aromatic N) is 2. The lowest BCUT2D eigenvalue weighted by molar-refractivity contribution is 0.669. The molecule has 4 heteroatoms. The van der Waals surface area contributed by atoms with E-state index in [1.807, 2.05) is 24.3 Å². The van der Waals surface area contributed by atoms with Crippen LogP contribution in [0.15, 0.2) is 179 Å². The molecule has 0 aliphatic heterocycles. The third-order valence-electron chi connectivity index (χ3n) is 10.9. The van der Waals surface area contributed by atoms with Crippen LogP contribution in [-0.4, -0.2) is 4.40 Å². The van der Waals surface area contributed by atoms with Crippen molar-refractivity contribution in [2.75, 3.05) is 4.90 Å². The minimum Gasteiger partial charge on any atom is -0.456 e. The second-order valence-electron chi connectivity index (χ2n) is 13.7. The number of aromatic nitrogens is 1. The Labute approximate surface area is 297 Å². The van der Waals surface area contributed by atoms with Gasteiger partial charge in [0.05, 0.1) is 22.2 Å². The third kappa shape index (κ3) is 3.70. The predicted octanol–water partition coefficient (Wildman–Crippen LogP) is 13.8. The standard InChI is InChI=1S/C48H28N2O2/c1-5-16-40-33(10-1)36-25-26-42(46-38-13-2-6-17-41(38)50(40)47(36)46)49(31-24-27-45-39(28-31)35-12-4-7-18-43(35)51-45)30-22-20-29(21-23-30)32-14-9-15-37-34-11-3-8-19-44(34)52-48(32)37/h1-28H.